The van der Waals surface area contributed by atoms with Gasteiger partial charge in [0.2, 0.25) is 15.9 Å². The third-order valence-electron chi connectivity index (χ3n) is 8.04. The lowest BCUT2D eigenvalue weighted by atomic mass is 9.92. The second-order valence-electron chi connectivity index (χ2n) is 10.6. The fraction of sp³-hybridized carbons (Fsp3) is 0.323. The molecule has 202 valence electrons. The molecule has 0 saturated carbocycles. The van der Waals surface area contributed by atoms with Crippen LogP contribution in [0, 0.1) is 6.92 Å². The number of nitrogens with zero attached hydrogens (tertiary/aromatic N) is 3. The molecule has 1 fully saturated rings. The van der Waals surface area contributed by atoms with Crippen LogP contribution in [0.5, 0.6) is 0 Å². The minimum absolute atomic E-state index is 0.0524. The van der Waals surface area contributed by atoms with E-state index in [1.54, 1.807) is 27.8 Å². The van der Waals surface area contributed by atoms with E-state index in [1.165, 1.54) is 21.6 Å². The van der Waals surface area contributed by atoms with E-state index in [2.05, 4.69) is 47.5 Å². The summed E-state index contributed by atoms with van der Waals surface area (Å²) in [6.07, 6.45) is 0.941. The molecule has 2 atom stereocenters. The summed E-state index contributed by atoms with van der Waals surface area (Å²) < 4.78 is 28.7. The SMILES string of the molecule is Cc1ccc([C@H]2c3ccsc3CCN2CC(=O)N2CCN(S(=O)(=O)c3ccc4ccccc4c3)[C@H](C)C2)cc1. The number of carbonyl (C=O) groups excluding carboxylic acids is 1. The topological polar surface area (TPSA) is 60.9 Å². The van der Waals surface area contributed by atoms with Gasteiger partial charge in [-0.25, -0.2) is 8.42 Å². The molecular weight excluding hydrogens is 526 g/mol. The van der Waals surface area contributed by atoms with E-state index in [0.717, 1.165) is 23.7 Å². The molecule has 0 N–H and O–H groups in total. The van der Waals surface area contributed by atoms with Crippen molar-refractivity contribution in [2.24, 2.45) is 0 Å². The van der Waals surface area contributed by atoms with E-state index < -0.39 is 10.0 Å². The number of benzene rings is 3. The largest absolute Gasteiger partial charge is 0.339 e. The summed E-state index contributed by atoms with van der Waals surface area (Å²) in [6.45, 7) is 6.19. The summed E-state index contributed by atoms with van der Waals surface area (Å²) in [7, 11) is -3.67. The zero-order valence-corrected chi connectivity index (χ0v) is 23.9. The third kappa shape index (κ3) is 5.02. The highest BCUT2D eigenvalue weighted by Crippen LogP contribution is 2.38. The van der Waals surface area contributed by atoms with Gasteiger partial charge in [-0.1, -0.05) is 60.2 Å². The highest BCUT2D eigenvalue weighted by molar-refractivity contribution is 7.89. The third-order valence-corrected chi connectivity index (χ3v) is 11.0. The van der Waals surface area contributed by atoms with Crippen LogP contribution in [0.3, 0.4) is 0 Å². The van der Waals surface area contributed by atoms with Crippen LogP contribution in [0.4, 0.5) is 0 Å². The van der Waals surface area contributed by atoms with Crippen LogP contribution in [0.2, 0.25) is 0 Å². The molecule has 6 nitrogen and oxygen atoms in total. The lowest BCUT2D eigenvalue weighted by Gasteiger charge is -2.41. The Morgan fingerprint density at radius 1 is 0.949 bits per heavy atom. The van der Waals surface area contributed by atoms with Crippen molar-refractivity contribution in [1.82, 2.24) is 14.1 Å². The molecule has 0 unspecified atom stereocenters. The average Bonchev–Trinajstić information content (AvgIpc) is 3.42. The van der Waals surface area contributed by atoms with Gasteiger partial charge in [0.15, 0.2) is 0 Å². The van der Waals surface area contributed by atoms with Gasteiger partial charge in [0.05, 0.1) is 17.5 Å². The second-order valence-corrected chi connectivity index (χ2v) is 13.5. The quantitative estimate of drug-likeness (QED) is 0.342. The maximum absolute atomic E-state index is 13.6. The van der Waals surface area contributed by atoms with Gasteiger partial charge in [-0.3, -0.25) is 9.69 Å². The van der Waals surface area contributed by atoms with Crippen molar-refractivity contribution >= 4 is 38.0 Å². The standard InChI is InChI=1S/C31H33N3O3S2/c1-22-7-9-25(10-8-22)31-28-14-18-38-29(28)13-15-33(31)21-30(35)32-16-17-34(23(2)20-32)39(36,37)27-12-11-24-5-3-4-6-26(24)19-27/h3-12,14,18-19,23,31H,13,15-17,20-21H2,1-2H3/t23-,31+/m1/s1. The van der Waals surface area contributed by atoms with E-state index in [0.29, 0.717) is 24.5 Å². The summed E-state index contributed by atoms with van der Waals surface area (Å²) in [6, 6.07) is 23.6. The molecule has 39 heavy (non-hydrogen) atoms. The van der Waals surface area contributed by atoms with Crippen molar-refractivity contribution in [3.63, 3.8) is 0 Å². The Hall–Kier alpha value is -3.04. The van der Waals surface area contributed by atoms with Gasteiger partial charge in [-0.2, -0.15) is 4.31 Å². The maximum atomic E-state index is 13.6. The number of fused-ring (bicyclic) bond motifs is 2. The Kier molecular flexibility index (Phi) is 7.05. The molecule has 3 heterocycles. The van der Waals surface area contributed by atoms with E-state index >= 15 is 0 Å². The molecule has 1 amide bonds. The molecule has 0 radical (unpaired) electrons. The highest BCUT2D eigenvalue weighted by Gasteiger charge is 2.37. The lowest BCUT2D eigenvalue weighted by Crippen LogP contribution is -2.57. The summed E-state index contributed by atoms with van der Waals surface area (Å²) in [5.41, 5.74) is 3.71. The van der Waals surface area contributed by atoms with Crippen LogP contribution in [-0.4, -0.2) is 67.2 Å². The van der Waals surface area contributed by atoms with Gasteiger partial charge in [-0.15, -0.1) is 11.3 Å². The van der Waals surface area contributed by atoms with Crippen LogP contribution < -0.4 is 0 Å². The maximum Gasteiger partial charge on any atom is 0.243 e. The van der Waals surface area contributed by atoms with Gasteiger partial charge in [0, 0.05) is 37.1 Å². The van der Waals surface area contributed by atoms with Crippen molar-refractivity contribution < 1.29 is 13.2 Å². The van der Waals surface area contributed by atoms with E-state index in [1.807, 2.05) is 42.2 Å². The minimum Gasteiger partial charge on any atom is -0.339 e. The molecule has 1 saturated heterocycles. The summed E-state index contributed by atoms with van der Waals surface area (Å²) in [5.74, 6) is 0.0559. The molecule has 8 heteroatoms. The molecule has 0 aliphatic carbocycles. The highest BCUT2D eigenvalue weighted by atomic mass is 32.2. The van der Waals surface area contributed by atoms with Crippen LogP contribution >= 0.6 is 11.3 Å². The normalized spacial score (nSPS) is 20.7. The van der Waals surface area contributed by atoms with E-state index in [-0.39, 0.29) is 24.5 Å². The van der Waals surface area contributed by atoms with Gasteiger partial charge < -0.3 is 4.90 Å². The first kappa shape index (κ1) is 26.2. The van der Waals surface area contributed by atoms with Crippen molar-refractivity contribution in [3.8, 4) is 0 Å². The van der Waals surface area contributed by atoms with Crippen LogP contribution in [0.15, 0.2) is 83.1 Å². The number of rotatable bonds is 5. The predicted octanol–water partition coefficient (Wildman–Crippen LogP) is 5.08. The van der Waals surface area contributed by atoms with Crippen LogP contribution in [0.1, 0.15) is 34.5 Å². The van der Waals surface area contributed by atoms with E-state index in [9.17, 15) is 13.2 Å². The zero-order chi connectivity index (χ0) is 27.1. The number of aryl methyl sites for hydroxylation is 1. The van der Waals surface area contributed by atoms with Crippen molar-refractivity contribution in [3.05, 3.63) is 99.7 Å². The second kappa shape index (κ2) is 10.5. The number of thiophene rings is 1. The smallest absolute Gasteiger partial charge is 0.243 e. The number of carbonyl (C=O) groups is 1. The Bertz CT molecular complexity index is 1610. The molecular formula is C31H33N3O3S2. The fourth-order valence-electron chi connectivity index (χ4n) is 5.94. The molecule has 0 bridgehead atoms. The Morgan fingerprint density at radius 2 is 1.72 bits per heavy atom. The van der Waals surface area contributed by atoms with Gasteiger partial charge >= 0.3 is 0 Å². The van der Waals surface area contributed by atoms with Crippen molar-refractivity contribution in [1.29, 1.82) is 0 Å². The lowest BCUT2D eigenvalue weighted by molar-refractivity contribution is -0.135. The first-order valence-electron chi connectivity index (χ1n) is 13.5. The monoisotopic (exact) mass is 559 g/mol. The number of sulfonamides is 1. The Morgan fingerprint density at radius 3 is 2.49 bits per heavy atom. The summed E-state index contributed by atoms with van der Waals surface area (Å²) >= 11 is 1.79. The van der Waals surface area contributed by atoms with Gasteiger partial charge in [-0.05, 0) is 65.7 Å². The fourth-order valence-corrected chi connectivity index (χ4v) is 8.49. The Labute approximate surface area is 234 Å². The summed E-state index contributed by atoms with van der Waals surface area (Å²) in [5, 5.41) is 4.06. The molecule has 3 aromatic carbocycles. The first-order valence-corrected chi connectivity index (χ1v) is 15.8. The number of hydrogen-bond donors (Lipinski definition) is 0. The van der Waals surface area contributed by atoms with Crippen molar-refractivity contribution in [2.75, 3.05) is 32.7 Å². The predicted molar refractivity (Wildman–Crippen MR) is 156 cm³/mol. The van der Waals surface area contributed by atoms with Gasteiger partial charge in [0.25, 0.3) is 0 Å². The minimum atomic E-state index is -3.67. The molecule has 1 aromatic heterocycles. The zero-order valence-electron chi connectivity index (χ0n) is 22.3. The number of piperazine rings is 1. The number of amides is 1. The molecule has 4 aromatic rings. The Balaban J connectivity index is 1.17. The van der Waals surface area contributed by atoms with Gasteiger partial charge in [0.1, 0.15) is 0 Å². The first-order chi connectivity index (χ1) is 18.8. The van der Waals surface area contributed by atoms with E-state index in [4.69, 9.17) is 0 Å². The van der Waals surface area contributed by atoms with Crippen LogP contribution in [-0.2, 0) is 21.2 Å². The average molecular weight is 560 g/mol. The molecule has 0 spiro atoms. The molecule has 6 rings (SSSR count). The summed E-state index contributed by atoms with van der Waals surface area (Å²) in [4.78, 5) is 19.4. The van der Waals surface area contributed by atoms with Crippen molar-refractivity contribution in [2.45, 2.75) is 37.2 Å². The molecule has 2 aliphatic heterocycles. The van der Waals surface area contributed by atoms with Crippen LogP contribution in [0.25, 0.3) is 10.8 Å². The number of hydrogen-bond acceptors (Lipinski definition) is 5. The molecule has 2 aliphatic rings.